The van der Waals surface area contributed by atoms with Crippen LogP contribution in [0.4, 0.5) is 0 Å². The maximum atomic E-state index is 11.4. The van der Waals surface area contributed by atoms with Crippen LogP contribution < -0.4 is 5.32 Å². The van der Waals surface area contributed by atoms with Gasteiger partial charge in [-0.05, 0) is 18.4 Å². The van der Waals surface area contributed by atoms with E-state index in [2.05, 4.69) is 10.1 Å². The Morgan fingerprint density at radius 1 is 1.40 bits per heavy atom. The first kappa shape index (κ1) is 14.3. The molecule has 0 radical (unpaired) electrons. The highest BCUT2D eigenvalue weighted by atomic mass is 32.2. The molecule has 0 bridgehead atoms. The molecule has 0 aromatic heterocycles. The second kappa shape index (κ2) is 7.56. The molecule has 0 fully saturated rings. The summed E-state index contributed by atoms with van der Waals surface area (Å²) < 4.78 is 4.63. The molecule has 88 valence electrons. The van der Waals surface area contributed by atoms with Gasteiger partial charge in [0.2, 0.25) is 5.91 Å². The molecular formula is C10H19NO3S. The van der Waals surface area contributed by atoms with Gasteiger partial charge in [0.15, 0.2) is 0 Å². The quantitative estimate of drug-likeness (QED) is 0.697. The lowest BCUT2D eigenvalue weighted by atomic mass is 10.1. The van der Waals surface area contributed by atoms with Gasteiger partial charge in [0.05, 0.1) is 7.11 Å². The Bertz CT molecular complexity index is 219. The van der Waals surface area contributed by atoms with Crippen molar-refractivity contribution >= 4 is 23.6 Å². The minimum atomic E-state index is -0.516. The van der Waals surface area contributed by atoms with Crippen LogP contribution in [0, 0.1) is 5.92 Å². The third kappa shape index (κ3) is 5.67. The SMILES string of the molecule is COC(=O)C(CCSC)NC(=O)C(C)C. The lowest BCUT2D eigenvalue weighted by Gasteiger charge is -2.17. The average Bonchev–Trinajstić information content (AvgIpc) is 2.22. The second-order valence-electron chi connectivity index (χ2n) is 3.52. The summed E-state index contributed by atoms with van der Waals surface area (Å²) in [6.07, 6.45) is 2.56. The van der Waals surface area contributed by atoms with Crippen molar-refractivity contribution in [2.75, 3.05) is 19.1 Å². The molecule has 0 saturated carbocycles. The lowest BCUT2D eigenvalue weighted by molar-refractivity contribution is -0.145. The molecule has 5 heteroatoms. The van der Waals surface area contributed by atoms with Crippen LogP contribution in [-0.2, 0) is 14.3 Å². The van der Waals surface area contributed by atoms with Crippen LogP contribution >= 0.6 is 11.8 Å². The molecule has 0 heterocycles. The third-order valence-electron chi connectivity index (χ3n) is 1.94. The first-order valence-electron chi connectivity index (χ1n) is 4.90. The summed E-state index contributed by atoms with van der Waals surface area (Å²) >= 11 is 1.63. The average molecular weight is 233 g/mol. The van der Waals surface area contributed by atoms with E-state index in [1.807, 2.05) is 6.26 Å². The van der Waals surface area contributed by atoms with E-state index >= 15 is 0 Å². The molecule has 0 aliphatic rings. The van der Waals surface area contributed by atoms with Gasteiger partial charge < -0.3 is 10.1 Å². The zero-order chi connectivity index (χ0) is 11.8. The molecule has 0 aromatic rings. The first-order valence-corrected chi connectivity index (χ1v) is 6.29. The Hall–Kier alpha value is -0.710. The van der Waals surface area contributed by atoms with E-state index in [9.17, 15) is 9.59 Å². The minimum absolute atomic E-state index is 0.119. The van der Waals surface area contributed by atoms with Gasteiger partial charge >= 0.3 is 5.97 Å². The number of esters is 1. The van der Waals surface area contributed by atoms with Crippen molar-refractivity contribution in [2.45, 2.75) is 26.3 Å². The molecule has 0 aliphatic carbocycles. The fourth-order valence-electron chi connectivity index (χ4n) is 0.965. The van der Waals surface area contributed by atoms with E-state index in [4.69, 9.17) is 0 Å². The van der Waals surface area contributed by atoms with Gasteiger partial charge in [-0.1, -0.05) is 13.8 Å². The molecule has 0 rings (SSSR count). The highest BCUT2D eigenvalue weighted by molar-refractivity contribution is 7.98. The molecule has 15 heavy (non-hydrogen) atoms. The van der Waals surface area contributed by atoms with Crippen molar-refractivity contribution < 1.29 is 14.3 Å². The number of thioether (sulfide) groups is 1. The van der Waals surface area contributed by atoms with E-state index in [0.29, 0.717) is 6.42 Å². The van der Waals surface area contributed by atoms with Gasteiger partial charge in [0, 0.05) is 5.92 Å². The number of carbonyl (C=O) groups excluding carboxylic acids is 2. The van der Waals surface area contributed by atoms with Crippen LogP contribution in [0.3, 0.4) is 0 Å². The van der Waals surface area contributed by atoms with Crippen LogP contribution in [0.5, 0.6) is 0 Å². The molecule has 0 aromatic carbocycles. The Morgan fingerprint density at radius 2 is 2.00 bits per heavy atom. The first-order chi connectivity index (χ1) is 7.02. The Kier molecular flexibility index (Phi) is 7.21. The predicted octanol–water partition coefficient (Wildman–Crippen LogP) is 1.05. The van der Waals surface area contributed by atoms with Crippen molar-refractivity contribution in [3.8, 4) is 0 Å². The fourth-order valence-corrected chi connectivity index (χ4v) is 1.44. The van der Waals surface area contributed by atoms with E-state index in [0.717, 1.165) is 5.75 Å². The van der Waals surface area contributed by atoms with Crippen molar-refractivity contribution in [1.82, 2.24) is 5.32 Å². The van der Waals surface area contributed by atoms with Crippen molar-refractivity contribution in [3.63, 3.8) is 0 Å². The molecule has 1 N–H and O–H groups in total. The molecule has 1 atom stereocenters. The number of amides is 1. The van der Waals surface area contributed by atoms with Gasteiger partial charge in [0.25, 0.3) is 0 Å². The maximum Gasteiger partial charge on any atom is 0.328 e. The van der Waals surface area contributed by atoms with Gasteiger partial charge in [-0.2, -0.15) is 11.8 Å². The van der Waals surface area contributed by atoms with Crippen LogP contribution in [0.1, 0.15) is 20.3 Å². The number of rotatable bonds is 6. The highest BCUT2D eigenvalue weighted by Gasteiger charge is 2.21. The zero-order valence-electron chi connectivity index (χ0n) is 9.70. The van der Waals surface area contributed by atoms with Crippen molar-refractivity contribution in [2.24, 2.45) is 5.92 Å². The van der Waals surface area contributed by atoms with Gasteiger partial charge in [-0.3, -0.25) is 4.79 Å². The maximum absolute atomic E-state index is 11.4. The molecule has 1 unspecified atom stereocenters. The highest BCUT2D eigenvalue weighted by Crippen LogP contribution is 2.03. The van der Waals surface area contributed by atoms with Crippen LogP contribution in [0.2, 0.25) is 0 Å². The summed E-state index contributed by atoms with van der Waals surface area (Å²) in [5.41, 5.74) is 0. The summed E-state index contributed by atoms with van der Waals surface area (Å²) in [6, 6.07) is -0.516. The summed E-state index contributed by atoms with van der Waals surface area (Å²) in [6.45, 7) is 3.58. The Labute approximate surface area is 95.1 Å². The second-order valence-corrected chi connectivity index (χ2v) is 4.51. The normalized spacial score (nSPS) is 12.3. The monoisotopic (exact) mass is 233 g/mol. The number of nitrogens with one attached hydrogen (secondary N) is 1. The van der Waals surface area contributed by atoms with Crippen molar-refractivity contribution in [3.05, 3.63) is 0 Å². The standard InChI is InChI=1S/C10H19NO3S/c1-7(2)9(12)11-8(5-6-15-4)10(13)14-3/h7-8H,5-6H2,1-4H3,(H,11,12). The summed E-state index contributed by atoms with van der Waals surface area (Å²) in [4.78, 5) is 22.7. The number of ether oxygens (including phenoxy) is 1. The molecule has 4 nitrogen and oxygen atoms in total. The molecule has 1 amide bonds. The van der Waals surface area contributed by atoms with Gasteiger partial charge in [0.1, 0.15) is 6.04 Å². The molecule has 0 saturated heterocycles. The summed E-state index contributed by atoms with van der Waals surface area (Å²) in [5, 5.41) is 2.68. The number of hydrogen-bond acceptors (Lipinski definition) is 4. The van der Waals surface area contributed by atoms with E-state index in [1.165, 1.54) is 7.11 Å². The van der Waals surface area contributed by atoms with E-state index in [1.54, 1.807) is 25.6 Å². The molecular weight excluding hydrogens is 214 g/mol. The van der Waals surface area contributed by atoms with Crippen LogP contribution in [-0.4, -0.2) is 37.0 Å². The summed E-state index contributed by atoms with van der Waals surface area (Å²) in [7, 11) is 1.33. The topological polar surface area (TPSA) is 55.4 Å². The van der Waals surface area contributed by atoms with E-state index < -0.39 is 6.04 Å². The predicted molar refractivity (Wildman–Crippen MR) is 61.8 cm³/mol. The zero-order valence-corrected chi connectivity index (χ0v) is 10.5. The number of hydrogen-bond donors (Lipinski definition) is 1. The van der Waals surface area contributed by atoms with E-state index in [-0.39, 0.29) is 17.8 Å². The van der Waals surface area contributed by atoms with Crippen molar-refractivity contribution in [1.29, 1.82) is 0 Å². The Morgan fingerprint density at radius 3 is 2.40 bits per heavy atom. The number of methoxy groups -OCH3 is 1. The fraction of sp³-hybridized carbons (Fsp3) is 0.800. The van der Waals surface area contributed by atoms with Gasteiger partial charge in [-0.15, -0.1) is 0 Å². The largest absolute Gasteiger partial charge is 0.467 e. The lowest BCUT2D eigenvalue weighted by Crippen LogP contribution is -2.43. The minimum Gasteiger partial charge on any atom is -0.467 e. The molecule has 0 spiro atoms. The van der Waals surface area contributed by atoms with Gasteiger partial charge in [-0.25, -0.2) is 4.79 Å². The smallest absolute Gasteiger partial charge is 0.328 e. The molecule has 0 aliphatic heterocycles. The van der Waals surface area contributed by atoms with Crippen LogP contribution in [0.25, 0.3) is 0 Å². The summed E-state index contributed by atoms with van der Waals surface area (Å²) in [5.74, 6) is 0.203. The number of carbonyl (C=O) groups is 2. The third-order valence-corrected chi connectivity index (χ3v) is 2.58. The Balaban J connectivity index is 4.23. The van der Waals surface area contributed by atoms with Crippen LogP contribution in [0.15, 0.2) is 0 Å².